The molecule has 20 heavy (non-hydrogen) atoms. The summed E-state index contributed by atoms with van der Waals surface area (Å²) in [4.78, 5) is 0. The monoisotopic (exact) mass is 328 g/mol. The summed E-state index contributed by atoms with van der Waals surface area (Å²) in [5.41, 5.74) is -0.222. The molecule has 0 aliphatic rings. The molecule has 4 nitrogen and oxygen atoms in total. The van der Waals surface area contributed by atoms with Crippen LogP contribution < -0.4 is 0 Å². The summed E-state index contributed by atoms with van der Waals surface area (Å²) >= 11 is 0. The molecule has 0 aromatic rings. The van der Waals surface area contributed by atoms with E-state index in [0.29, 0.717) is 13.2 Å². The van der Waals surface area contributed by atoms with Crippen molar-refractivity contribution in [2.45, 2.75) is 66.2 Å². The molecule has 0 rings (SSSR count). The second-order valence-corrected chi connectivity index (χ2v) is 4.68. The molecule has 0 heterocycles. The van der Waals surface area contributed by atoms with E-state index in [1.807, 2.05) is 13.8 Å². The van der Waals surface area contributed by atoms with Gasteiger partial charge in [-0.1, -0.05) is 40.5 Å². The zero-order valence-corrected chi connectivity index (χ0v) is 15.4. The van der Waals surface area contributed by atoms with Crippen molar-refractivity contribution in [2.75, 3.05) is 26.4 Å². The van der Waals surface area contributed by atoms with Crippen LogP contribution in [0.15, 0.2) is 0 Å². The molecule has 0 aromatic heterocycles. The Hall–Kier alpha value is 0.554. The van der Waals surface area contributed by atoms with E-state index in [1.165, 1.54) is 0 Å². The summed E-state index contributed by atoms with van der Waals surface area (Å²) < 4.78 is 0. The van der Waals surface area contributed by atoms with Crippen molar-refractivity contribution in [1.29, 1.82) is 0 Å². The number of hydrogen-bond acceptors (Lipinski definition) is 4. The van der Waals surface area contributed by atoms with Gasteiger partial charge in [-0.2, -0.15) is 0 Å². The molecular formula is C15H36O4Ti. The zero-order valence-electron chi connectivity index (χ0n) is 13.9. The third kappa shape index (κ3) is 20.9. The van der Waals surface area contributed by atoms with E-state index in [4.69, 9.17) is 20.4 Å². The molecule has 124 valence electrons. The fraction of sp³-hybridized carbons (Fsp3) is 1.00. The Bertz CT molecular complexity index is 114. The molecule has 0 spiro atoms. The number of rotatable bonds is 8. The van der Waals surface area contributed by atoms with Gasteiger partial charge in [0, 0.05) is 40.3 Å². The van der Waals surface area contributed by atoms with Gasteiger partial charge in [0.05, 0.1) is 13.2 Å². The smallest absolute Gasteiger partial charge is 0.0509 e. The number of aliphatic hydroxyl groups is 4. The molecule has 0 radical (unpaired) electrons. The largest absolute Gasteiger partial charge is 0.396 e. The van der Waals surface area contributed by atoms with E-state index in [9.17, 15) is 0 Å². The van der Waals surface area contributed by atoms with Gasteiger partial charge in [0.2, 0.25) is 0 Å². The van der Waals surface area contributed by atoms with Crippen molar-refractivity contribution in [2.24, 2.45) is 5.41 Å². The van der Waals surface area contributed by atoms with E-state index in [1.54, 1.807) is 0 Å². The maximum atomic E-state index is 8.82. The summed E-state index contributed by atoms with van der Waals surface area (Å²) in [7, 11) is 0. The van der Waals surface area contributed by atoms with Gasteiger partial charge in [0.25, 0.3) is 0 Å². The van der Waals surface area contributed by atoms with Crippen LogP contribution in [-0.4, -0.2) is 46.9 Å². The van der Waals surface area contributed by atoms with Crippen molar-refractivity contribution < 1.29 is 42.1 Å². The van der Waals surface area contributed by atoms with E-state index in [2.05, 4.69) is 13.8 Å². The van der Waals surface area contributed by atoms with Crippen LogP contribution in [0.1, 0.15) is 66.2 Å². The minimum absolute atomic E-state index is 0. The van der Waals surface area contributed by atoms with Gasteiger partial charge >= 0.3 is 0 Å². The van der Waals surface area contributed by atoms with Crippen LogP contribution in [0.5, 0.6) is 0 Å². The van der Waals surface area contributed by atoms with Crippen LogP contribution in [0, 0.1) is 5.41 Å². The molecule has 0 fully saturated rings. The molecule has 0 saturated heterocycles. The van der Waals surface area contributed by atoms with E-state index in [-0.39, 0.29) is 40.3 Å². The predicted octanol–water partition coefficient (Wildman–Crippen LogP) is 2.33. The van der Waals surface area contributed by atoms with Gasteiger partial charge in [0.15, 0.2) is 0 Å². The molecule has 0 aliphatic carbocycles. The molecule has 0 saturated carbocycles. The molecule has 0 aromatic carbocycles. The van der Waals surface area contributed by atoms with Crippen molar-refractivity contribution in [1.82, 2.24) is 0 Å². The van der Waals surface area contributed by atoms with Gasteiger partial charge in [-0.25, -0.2) is 0 Å². The summed E-state index contributed by atoms with van der Waals surface area (Å²) in [6, 6.07) is 0. The Morgan fingerprint density at radius 2 is 0.950 bits per heavy atom. The quantitative estimate of drug-likeness (QED) is 0.516. The summed E-state index contributed by atoms with van der Waals surface area (Å²) in [6.45, 7) is 8.94. The minimum Gasteiger partial charge on any atom is -0.396 e. The molecule has 0 unspecified atom stereocenters. The second-order valence-electron chi connectivity index (χ2n) is 4.68. The minimum atomic E-state index is -0.222. The van der Waals surface area contributed by atoms with Crippen LogP contribution in [-0.2, 0) is 21.7 Å². The SMILES string of the molecule is CCC(CC)(CO)CO.CCCCO.CCCCO.[Ti]. The number of unbranched alkanes of at least 4 members (excludes halogenated alkanes) is 2. The van der Waals surface area contributed by atoms with Crippen molar-refractivity contribution in [3.63, 3.8) is 0 Å². The first kappa shape index (κ1) is 28.7. The average Bonchev–Trinajstić information content (AvgIpc) is 2.45. The Kier molecular flexibility index (Phi) is 35.2. The normalized spacial score (nSPS) is 9.60. The van der Waals surface area contributed by atoms with Crippen LogP contribution in [0.4, 0.5) is 0 Å². The Labute approximate surface area is 140 Å². The standard InChI is InChI=1S/C7H16O2.2C4H10O.Ti/c1-3-7(4-2,5-8)6-9;2*1-2-3-4-5;/h8-9H,3-6H2,1-2H3;2*5H,2-4H2,1H3;. The number of hydrogen-bond donors (Lipinski definition) is 4. The first-order valence-electron chi connectivity index (χ1n) is 7.51. The first-order chi connectivity index (χ1) is 9.07. The molecule has 4 N–H and O–H groups in total. The van der Waals surface area contributed by atoms with Gasteiger partial charge in [0.1, 0.15) is 0 Å². The van der Waals surface area contributed by atoms with Gasteiger partial charge < -0.3 is 20.4 Å². The van der Waals surface area contributed by atoms with Gasteiger partial charge in [-0.05, 0) is 25.7 Å². The molecule has 0 amide bonds. The summed E-state index contributed by atoms with van der Waals surface area (Å²) in [5.74, 6) is 0. The van der Waals surface area contributed by atoms with Crippen LogP contribution in [0.25, 0.3) is 0 Å². The third-order valence-corrected chi connectivity index (χ3v) is 3.19. The van der Waals surface area contributed by atoms with E-state index >= 15 is 0 Å². The Balaban J connectivity index is -0.000000101. The fourth-order valence-corrected chi connectivity index (χ4v) is 1.06. The average molecular weight is 328 g/mol. The second kappa shape index (κ2) is 24.6. The van der Waals surface area contributed by atoms with Gasteiger partial charge in [-0.3, -0.25) is 0 Å². The topological polar surface area (TPSA) is 80.9 Å². The first-order valence-corrected chi connectivity index (χ1v) is 7.51. The Morgan fingerprint density at radius 3 is 0.950 bits per heavy atom. The predicted molar refractivity (Wildman–Crippen MR) is 81.2 cm³/mol. The van der Waals surface area contributed by atoms with Crippen LogP contribution >= 0.6 is 0 Å². The fourth-order valence-electron chi connectivity index (χ4n) is 1.06. The molecule has 0 atom stereocenters. The summed E-state index contributed by atoms with van der Waals surface area (Å²) in [6.07, 6.45) is 5.76. The summed E-state index contributed by atoms with van der Waals surface area (Å²) in [5, 5.41) is 33.8. The van der Waals surface area contributed by atoms with E-state index in [0.717, 1.165) is 38.5 Å². The third-order valence-electron chi connectivity index (χ3n) is 3.19. The molecular weight excluding hydrogens is 292 g/mol. The Morgan fingerprint density at radius 1 is 0.650 bits per heavy atom. The van der Waals surface area contributed by atoms with Crippen LogP contribution in [0.3, 0.4) is 0 Å². The molecule has 0 aliphatic heterocycles. The van der Waals surface area contributed by atoms with Gasteiger partial charge in [-0.15, -0.1) is 0 Å². The maximum absolute atomic E-state index is 8.82. The molecule has 5 heteroatoms. The molecule has 0 bridgehead atoms. The van der Waals surface area contributed by atoms with Crippen molar-refractivity contribution >= 4 is 0 Å². The van der Waals surface area contributed by atoms with Crippen molar-refractivity contribution in [3.8, 4) is 0 Å². The van der Waals surface area contributed by atoms with E-state index < -0.39 is 0 Å². The number of aliphatic hydroxyl groups excluding tert-OH is 4. The maximum Gasteiger partial charge on any atom is 0.0509 e. The van der Waals surface area contributed by atoms with Crippen molar-refractivity contribution in [3.05, 3.63) is 0 Å². The van der Waals surface area contributed by atoms with Crippen LogP contribution in [0.2, 0.25) is 0 Å². The zero-order chi connectivity index (χ0) is 15.6.